The Balaban J connectivity index is 3.18. The van der Waals surface area contributed by atoms with E-state index in [0.29, 0.717) is 6.42 Å². The summed E-state index contributed by atoms with van der Waals surface area (Å²) < 4.78 is 0. The maximum absolute atomic E-state index is 10.3. The second-order valence-corrected chi connectivity index (χ2v) is 8.15. The standard InChI is InChI=1S/C27H46O2/c1-2-3-4-5-6-7-8-9-10-11-12-13-14-15-16-17-18-19-20-21-22-23-24-25-26-27(28)29/h2-14,17-22,25-26H2,1H3,(H,28,29). The molecule has 166 valence electrons. The molecule has 0 amide bonds. The summed E-state index contributed by atoms with van der Waals surface area (Å²) in [7, 11) is 0. The van der Waals surface area contributed by atoms with Crippen LogP contribution in [0.5, 0.6) is 0 Å². The lowest BCUT2D eigenvalue weighted by Crippen LogP contribution is -1.91. The molecular weight excluding hydrogens is 356 g/mol. The lowest BCUT2D eigenvalue weighted by Gasteiger charge is -2.01. The van der Waals surface area contributed by atoms with Gasteiger partial charge in [0.15, 0.2) is 0 Å². The third kappa shape index (κ3) is 26.6. The zero-order chi connectivity index (χ0) is 21.3. The number of aliphatic carboxylic acids is 1. The van der Waals surface area contributed by atoms with Gasteiger partial charge < -0.3 is 5.11 Å². The van der Waals surface area contributed by atoms with Gasteiger partial charge in [0.25, 0.3) is 0 Å². The molecule has 0 atom stereocenters. The molecule has 1 N–H and O–H groups in total. The smallest absolute Gasteiger partial charge is 0.304 e. The van der Waals surface area contributed by atoms with Crippen molar-refractivity contribution in [3.8, 4) is 23.7 Å². The van der Waals surface area contributed by atoms with E-state index < -0.39 is 5.97 Å². The summed E-state index contributed by atoms with van der Waals surface area (Å²) in [6.07, 6.45) is 25.2. The number of carboxylic acid groups (broad SMARTS) is 1. The summed E-state index contributed by atoms with van der Waals surface area (Å²) in [5.74, 6) is 11.9. The summed E-state index contributed by atoms with van der Waals surface area (Å²) in [5, 5.41) is 8.51. The van der Waals surface area contributed by atoms with Gasteiger partial charge in [-0.1, -0.05) is 90.4 Å². The molecule has 2 heteroatoms. The molecule has 0 heterocycles. The maximum atomic E-state index is 10.3. The predicted octanol–water partition coefficient (Wildman–Crippen LogP) is 8.29. The number of hydrogen-bond acceptors (Lipinski definition) is 1. The molecule has 0 unspecified atom stereocenters. The number of unbranched alkanes of at least 4 members (excludes halogenated alkanes) is 17. The summed E-state index contributed by atoms with van der Waals surface area (Å²) in [4.78, 5) is 10.3. The van der Waals surface area contributed by atoms with Gasteiger partial charge in [0.2, 0.25) is 0 Å². The fourth-order valence-corrected chi connectivity index (χ4v) is 3.36. The van der Waals surface area contributed by atoms with E-state index in [1.807, 2.05) is 0 Å². The quantitative estimate of drug-likeness (QED) is 0.174. The Morgan fingerprint density at radius 1 is 0.517 bits per heavy atom. The largest absolute Gasteiger partial charge is 0.481 e. The monoisotopic (exact) mass is 402 g/mol. The van der Waals surface area contributed by atoms with Crippen molar-refractivity contribution >= 4 is 5.97 Å². The van der Waals surface area contributed by atoms with Gasteiger partial charge in [0.1, 0.15) is 0 Å². The molecule has 0 aromatic carbocycles. The first-order valence-corrected chi connectivity index (χ1v) is 12.4. The molecule has 0 rings (SSSR count). The minimum Gasteiger partial charge on any atom is -0.481 e. The average Bonchev–Trinajstić information content (AvgIpc) is 2.71. The zero-order valence-electron chi connectivity index (χ0n) is 19.2. The van der Waals surface area contributed by atoms with Gasteiger partial charge in [-0.25, -0.2) is 0 Å². The molecule has 0 fully saturated rings. The summed E-state index contributed by atoms with van der Waals surface area (Å²) in [5.41, 5.74) is 0. The fraction of sp³-hybridized carbons (Fsp3) is 0.815. The van der Waals surface area contributed by atoms with Crippen molar-refractivity contribution in [1.29, 1.82) is 0 Å². The number of carbonyl (C=O) groups is 1. The van der Waals surface area contributed by atoms with E-state index in [1.165, 1.54) is 96.3 Å². The van der Waals surface area contributed by atoms with Gasteiger partial charge in [0.05, 0.1) is 6.42 Å². The van der Waals surface area contributed by atoms with Crippen molar-refractivity contribution in [2.24, 2.45) is 0 Å². The second kappa shape index (κ2) is 24.6. The van der Waals surface area contributed by atoms with Crippen molar-refractivity contribution in [3.63, 3.8) is 0 Å². The molecule has 0 saturated heterocycles. The van der Waals surface area contributed by atoms with E-state index in [4.69, 9.17) is 5.11 Å². The van der Waals surface area contributed by atoms with E-state index in [0.717, 1.165) is 25.7 Å². The Bertz CT molecular complexity index is 472. The lowest BCUT2D eigenvalue weighted by atomic mass is 10.0. The molecule has 29 heavy (non-hydrogen) atoms. The van der Waals surface area contributed by atoms with E-state index in [-0.39, 0.29) is 6.42 Å². The van der Waals surface area contributed by atoms with Crippen molar-refractivity contribution in [2.75, 3.05) is 0 Å². The molecule has 0 aliphatic rings. The Hall–Kier alpha value is -1.41. The van der Waals surface area contributed by atoms with Crippen molar-refractivity contribution < 1.29 is 9.90 Å². The normalized spacial score (nSPS) is 10.1. The van der Waals surface area contributed by atoms with Crippen LogP contribution in [0.2, 0.25) is 0 Å². The third-order valence-corrected chi connectivity index (χ3v) is 5.22. The van der Waals surface area contributed by atoms with E-state index in [2.05, 4.69) is 30.6 Å². The lowest BCUT2D eigenvalue weighted by molar-refractivity contribution is -0.136. The van der Waals surface area contributed by atoms with Crippen molar-refractivity contribution in [3.05, 3.63) is 0 Å². The van der Waals surface area contributed by atoms with Crippen LogP contribution in [0.1, 0.15) is 142 Å². The third-order valence-electron chi connectivity index (χ3n) is 5.22. The first-order chi connectivity index (χ1) is 14.3. The maximum Gasteiger partial charge on any atom is 0.304 e. The van der Waals surface area contributed by atoms with Gasteiger partial charge in [-0.15, -0.1) is 23.7 Å². The van der Waals surface area contributed by atoms with Crippen LogP contribution >= 0.6 is 0 Å². The summed E-state index contributed by atoms with van der Waals surface area (Å²) in [6, 6.07) is 0. The van der Waals surface area contributed by atoms with Gasteiger partial charge in [-0.2, -0.15) is 0 Å². The molecule has 0 spiro atoms. The van der Waals surface area contributed by atoms with Crippen LogP contribution in [-0.2, 0) is 4.79 Å². The van der Waals surface area contributed by atoms with Gasteiger partial charge >= 0.3 is 5.97 Å². The van der Waals surface area contributed by atoms with Crippen LogP contribution in [0.25, 0.3) is 0 Å². The molecule has 0 bridgehead atoms. The van der Waals surface area contributed by atoms with Gasteiger partial charge in [-0.3, -0.25) is 4.79 Å². The Kier molecular flexibility index (Phi) is 23.4. The first-order valence-electron chi connectivity index (χ1n) is 12.4. The minimum atomic E-state index is -0.765. The SMILES string of the molecule is CCCCCCCCCCCCCCC#CCCCCCCC#CCCC(=O)O. The van der Waals surface area contributed by atoms with E-state index >= 15 is 0 Å². The van der Waals surface area contributed by atoms with Crippen molar-refractivity contribution in [1.82, 2.24) is 0 Å². The first kappa shape index (κ1) is 27.6. The van der Waals surface area contributed by atoms with E-state index in [1.54, 1.807) is 0 Å². The van der Waals surface area contributed by atoms with Crippen molar-refractivity contribution in [2.45, 2.75) is 142 Å². The van der Waals surface area contributed by atoms with Crippen LogP contribution in [0, 0.1) is 23.7 Å². The Labute approximate surface area is 181 Å². The topological polar surface area (TPSA) is 37.3 Å². The second-order valence-electron chi connectivity index (χ2n) is 8.15. The summed E-state index contributed by atoms with van der Waals surface area (Å²) >= 11 is 0. The van der Waals surface area contributed by atoms with Gasteiger partial charge in [0, 0.05) is 25.7 Å². The Morgan fingerprint density at radius 2 is 0.828 bits per heavy atom. The highest BCUT2D eigenvalue weighted by atomic mass is 16.4. The number of carboxylic acids is 1. The summed E-state index contributed by atoms with van der Waals surface area (Å²) in [6.45, 7) is 2.28. The highest BCUT2D eigenvalue weighted by Gasteiger charge is 1.93. The van der Waals surface area contributed by atoms with Gasteiger partial charge in [-0.05, 0) is 19.3 Å². The molecule has 2 nitrogen and oxygen atoms in total. The number of hydrogen-bond donors (Lipinski definition) is 1. The molecule has 0 aliphatic heterocycles. The minimum absolute atomic E-state index is 0.158. The van der Waals surface area contributed by atoms with E-state index in [9.17, 15) is 4.79 Å². The highest BCUT2D eigenvalue weighted by molar-refractivity contribution is 5.66. The van der Waals surface area contributed by atoms with Crippen LogP contribution in [0.4, 0.5) is 0 Å². The zero-order valence-corrected chi connectivity index (χ0v) is 19.2. The van der Waals surface area contributed by atoms with Crippen LogP contribution in [-0.4, -0.2) is 11.1 Å². The molecule has 0 aliphatic carbocycles. The molecular formula is C27H46O2. The van der Waals surface area contributed by atoms with Crippen LogP contribution in [0.3, 0.4) is 0 Å². The van der Waals surface area contributed by atoms with Crippen LogP contribution < -0.4 is 0 Å². The predicted molar refractivity (Wildman–Crippen MR) is 126 cm³/mol. The highest BCUT2D eigenvalue weighted by Crippen LogP contribution is 2.12. The number of rotatable bonds is 19. The fourth-order valence-electron chi connectivity index (χ4n) is 3.36. The average molecular weight is 403 g/mol. The molecule has 0 radical (unpaired) electrons. The molecule has 0 saturated carbocycles. The molecule has 0 aromatic heterocycles. The van der Waals surface area contributed by atoms with Crippen LogP contribution in [0.15, 0.2) is 0 Å². The molecule has 0 aromatic rings. The Morgan fingerprint density at radius 3 is 1.17 bits per heavy atom.